The van der Waals surface area contributed by atoms with Crippen molar-refractivity contribution in [3.63, 3.8) is 0 Å². The highest BCUT2D eigenvalue weighted by Gasteiger charge is 2.11. The van der Waals surface area contributed by atoms with Crippen LogP contribution in [0.15, 0.2) is 46.9 Å². The van der Waals surface area contributed by atoms with Gasteiger partial charge in [-0.2, -0.15) is 0 Å². The average Bonchev–Trinajstić information content (AvgIpc) is 3.13. The summed E-state index contributed by atoms with van der Waals surface area (Å²) in [5.41, 5.74) is 3.94. The third kappa shape index (κ3) is 5.38. The first-order valence-corrected chi connectivity index (χ1v) is 9.99. The molecule has 3 rings (SSSR count). The lowest BCUT2D eigenvalue weighted by atomic mass is 10.1. The molecule has 150 valence electrons. The van der Waals surface area contributed by atoms with Gasteiger partial charge in [-0.15, -0.1) is 0 Å². The summed E-state index contributed by atoms with van der Waals surface area (Å²) < 4.78 is 16.9. The molecule has 4 heteroatoms. The van der Waals surface area contributed by atoms with Crippen LogP contribution >= 0.6 is 0 Å². The molecule has 0 N–H and O–H groups in total. The highest BCUT2D eigenvalue weighted by Crippen LogP contribution is 2.26. The fraction of sp³-hybridized carbons (Fsp3) is 0.375. The van der Waals surface area contributed by atoms with E-state index < -0.39 is 0 Å². The van der Waals surface area contributed by atoms with Gasteiger partial charge in [0.05, 0.1) is 13.0 Å². The normalized spacial score (nSPS) is 10.3. The smallest absolute Gasteiger partial charge is 0.310 e. The minimum Gasteiger partial charge on any atom is -0.489 e. The van der Waals surface area contributed by atoms with E-state index in [9.17, 15) is 4.79 Å². The maximum Gasteiger partial charge on any atom is 0.310 e. The second kappa shape index (κ2) is 10.5. The summed E-state index contributed by atoms with van der Waals surface area (Å²) in [7, 11) is 0. The molecule has 0 aliphatic carbocycles. The first-order valence-electron chi connectivity index (χ1n) is 9.99. The van der Waals surface area contributed by atoms with Gasteiger partial charge in [0.15, 0.2) is 0 Å². The molecule has 3 aromatic rings. The molecule has 0 saturated carbocycles. The van der Waals surface area contributed by atoms with Crippen molar-refractivity contribution in [2.75, 3.05) is 6.61 Å². The fourth-order valence-corrected chi connectivity index (χ4v) is 3.04. The molecular formula is C24H30O4. The van der Waals surface area contributed by atoms with Crippen molar-refractivity contribution in [2.45, 2.75) is 54.1 Å². The number of fused-ring (bicyclic) bond motifs is 1. The van der Waals surface area contributed by atoms with Gasteiger partial charge in [-0.05, 0) is 49.2 Å². The molecule has 0 radical (unpaired) electrons. The Labute approximate surface area is 167 Å². The van der Waals surface area contributed by atoms with Gasteiger partial charge >= 0.3 is 5.97 Å². The second-order valence-corrected chi connectivity index (χ2v) is 6.28. The summed E-state index contributed by atoms with van der Waals surface area (Å²) in [5.74, 6) is 1.45. The average molecular weight is 383 g/mol. The minimum absolute atomic E-state index is 0.212. The van der Waals surface area contributed by atoms with Crippen LogP contribution in [0.4, 0.5) is 0 Å². The van der Waals surface area contributed by atoms with Crippen molar-refractivity contribution in [1.82, 2.24) is 0 Å². The van der Waals surface area contributed by atoms with Crippen LogP contribution in [-0.4, -0.2) is 12.6 Å². The lowest BCUT2D eigenvalue weighted by Crippen LogP contribution is -2.09. The minimum atomic E-state index is -0.244. The summed E-state index contributed by atoms with van der Waals surface area (Å²) in [6.45, 7) is 10.7. The molecule has 28 heavy (non-hydrogen) atoms. The van der Waals surface area contributed by atoms with Crippen LogP contribution in [0.25, 0.3) is 11.0 Å². The van der Waals surface area contributed by atoms with E-state index in [1.807, 2.05) is 45.0 Å². The third-order valence-corrected chi connectivity index (χ3v) is 4.27. The molecule has 0 unspecified atom stereocenters. The first-order chi connectivity index (χ1) is 13.6. The van der Waals surface area contributed by atoms with Crippen LogP contribution in [0.2, 0.25) is 0 Å². The van der Waals surface area contributed by atoms with Crippen LogP contribution in [0.5, 0.6) is 5.75 Å². The van der Waals surface area contributed by atoms with Crippen LogP contribution < -0.4 is 4.74 Å². The number of rotatable bonds is 7. The molecule has 2 aromatic carbocycles. The van der Waals surface area contributed by atoms with E-state index in [0.717, 1.165) is 39.8 Å². The van der Waals surface area contributed by atoms with Crippen molar-refractivity contribution in [1.29, 1.82) is 0 Å². The number of ether oxygens (including phenoxy) is 2. The van der Waals surface area contributed by atoms with Crippen LogP contribution in [0.1, 0.15) is 50.1 Å². The molecule has 0 fully saturated rings. The summed E-state index contributed by atoms with van der Waals surface area (Å²) in [6, 6.07) is 13.8. The number of furan rings is 1. The number of hydrogen-bond donors (Lipinski definition) is 0. The Bertz CT molecular complexity index is 908. The zero-order valence-corrected chi connectivity index (χ0v) is 17.5. The molecule has 0 bridgehead atoms. The molecule has 0 aliphatic rings. The zero-order chi connectivity index (χ0) is 20.5. The molecule has 1 aromatic heterocycles. The van der Waals surface area contributed by atoms with E-state index in [1.165, 1.54) is 0 Å². The molecule has 0 atom stereocenters. The molecule has 0 saturated heterocycles. The molecule has 0 aliphatic heterocycles. The van der Waals surface area contributed by atoms with Crippen LogP contribution in [0.3, 0.4) is 0 Å². The molecule has 0 amide bonds. The summed E-state index contributed by atoms with van der Waals surface area (Å²) in [5, 5.41) is 1.10. The number of carbonyl (C=O) groups excluding carboxylic acids is 1. The number of para-hydroxylation sites is 1. The van der Waals surface area contributed by atoms with Crippen molar-refractivity contribution in [2.24, 2.45) is 0 Å². The van der Waals surface area contributed by atoms with Crippen molar-refractivity contribution in [3.05, 3.63) is 64.9 Å². The van der Waals surface area contributed by atoms with E-state index in [-0.39, 0.29) is 12.4 Å². The molecular weight excluding hydrogens is 352 g/mol. The van der Waals surface area contributed by atoms with Crippen molar-refractivity contribution >= 4 is 16.9 Å². The van der Waals surface area contributed by atoms with Crippen molar-refractivity contribution in [3.8, 4) is 5.75 Å². The van der Waals surface area contributed by atoms with Gasteiger partial charge in [0, 0.05) is 17.4 Å². The largest absolute Gasteiger partial charge is 0.489 e. The second-order valence-electron chi connectivity index (χ2n) is 6.28. The molecule has 1 heterocycles. The lowest BCUT2D eigenvalue weighted by Gasteiger charge is -2.12. The van der Waals surface area contributed by atoms with E-state index in [2.05, 4.69) is 25.1 Å². The maximum absolute atomic E-state index is 11.8. The van der Waals surface area contributed by atoms with Crippen LogP contribution in [0, 0.1) is 6.92 Å². The predicted octanol–water partition coefficient (Wildman–Crippen LogP) is 6.01. The highest BCUT2D eigenvalue weighted by atomic mass is 16.5. The van der Waals surface area contributed by atoms with E-state index in [4.69, 9.17) is 13.9 Å². The standard InChI is InChI=1S/C22H24O4.C2H6/c1-4-19-12-18-11-16(10-15(3)22(18)26-19)14-25-20-9-7-6-8-17(20)13-21(23)24-5-2;1-2/h6-12H,4-5,13-14H2,1-3H3;1-2H3. The van der Waals surface area contributed by atoms with E-state index >= 15 is 0 Å². The molecule has 0 spiro atoms. The topological polar surface area (TPSA) is 48.7 Å². The number of esters is 1. The van der Waals surface area contributed by atoms with Gasteiger partial charge in [-0.3, -0.25) is 4.79 Å². The predicted molar refractivity (Wildman–Crippen MR) is 113 cm³/mol. The highest BCUT2D eigenvalue weighted by molar-refractivity contribution is 5.82. The summed E-state index contributed by atoms with van der Waals surface area (Å²) in [6.07, 6.45) is 1.09. The van der Waals surface area contributed by atoms with Gasteiger partial charge in [0.25, 0.3) is 0 Å². The third-order valence-electron chi connectivity index (χ3n) is 4.27. The Balaban J connectivity index is 0.00000136. The van der Waals surface area contributed by atoms with E-state index in [0.29, 0.717) is 19.0 Å². The molecule has 4 nitrogen and oxygen atoms in total. The lowest BCUT2D eigenvalue weighted by molar-refractivity contribution is -0.142. The Morgan fingerprint density at radius 3 is 2.54 bits per heavy atom. The number of carbonyl (C=O) groups is 1. The summed E-state index contributed by atoms with van der Waals surface area (Å²) in [4.78, 5) is 11.8. The van der Waals surface area contributed by atoms with Crippen molar-refractivity contribution < 1.29 is 18.7 Å². The Kier molecular flexibility index (Phi) is 8.12. The quantitative estimate of drug-likeness (QED) is 0.469. The van der Waals surface area contributed by atoms with Gasteiger partial charge in [0.2, 0.25) is 0 Å². The van der Waals surface area contributed by atoms with Gasteiger partial charge in [-0.25, -0.2) is 0 Å². The zero-order valence-electron chi connectivity index (χ0n) is 17.5. The maximum atomic E-state index is 11.8. The fourth-order valence-electron chi connectivity index (χ4n) is 3.04. The van der Waals surface area contributed by atoms with Crippen LogP contribution in [-0.2, 0) is 29.0 Å². The van der Waals surface area contributed by atoms with E-state index in [1.54, 1.807) is 6.92 Å². The Morgan fingerprint density at radius 2 is 1.82 bits per heavy atom. The van der Waals surface area contributed by atoms with Gasteiger partial charge in [0.1, 0.15) is 23.7 Å². The number of hydrogen-bond acceptors (Lipinski definition) is 4. The van der Waals surface area contributed by atoms with Gasteiger partial charge < -0.3 is 13.9 Å². The number of benzene rings is 2. The SMILES string of the molecule is CC.CCOC(=O)Cc1ccccc1OCc1cc(C)c2oc(CC)cc2c1. The number of aryl methyl sites for hydroxylation is 2. The monoisotopic (exact) mass is 382 g/mol. The first kappa shape index (κ1) is 21.5. The summed E-state index contributed by atoms with van der Waals surface area (Å²) >= 11 is 0. The Morgan fingerprint density at radius 1 is 1.07 bits per heavy atom. The van der Waals surface area contributed by atoms with Gasteiger partial charge in [-0.1, -0.05) is 39.0 Å². The Hall–Kier alpha value is -2.75.